The minimum atomic E-state index is -3.60. The van der Waals surface area contributed by atoms with Gasteiger partial charge in [0.05, 0.1) is 27.8 Å². The second-order valence-corrected chi connectivity index (χ2v) is 9.75. The van der Waals surface area contributed by atoms with Crippen LogP contribution in [0.3, 0.4) is 0 Å². The Morgan fingerprint density at radius 3 is 2.61 bits per heavy atom. The average Bonchev–Trinajstić information content (AvgIpc) is 2.96. The van der Waals surface area contributed by atoms with Gasteiger partial charge in [-0.2, -0.15) is 4.99 Å². The Morgan fingerprint density at radius 1 is 1.21 bits per heavy atom. The summed E-state index contributed by atoms with van der Waals surface area (Å²) in [5, 5.41) is 0. The number of hydrogen-bond acceptors (Lipinski definition) is 6. The number of halogens is 1. The van der Waals surface area contributed by atoms with Gasteiger partial charge in [-0.15, -0.1) is 0 Å². The van der Waals surface area contributed by atoms with Gasteiger partial charge in [-0.1, -0.05) is 39.4 Å². The molecule has 3 rings (SSSR count). The number of carbonyl (C=O) groups excluding carboxylic acids is 2. The number of carbonyl (C=O) groups is 2. The topological polar surface area (TPSA) is 94.8 Å². The molecule has 146 valence electrons. The fourth-order valence-corrected chi connectivity index (χ4v) is 5.05. The summed E-state index contributed by atoms with van der Waals surface area (Å²) in [6, 6.07) is 11.4. The van der Waals surface area contributed by atoms with Crippen LogP contribution in [-0.4, -0.2) is 38.2 Å². The molecule has 0 atom stereocenters. The van der Waals surface area contributed by atoms with Gasteiger partial charge in [0.25, 0.3) is 5.91 Å². The van der Waals surface area contributed by atoms with Gasteiger partial charge in [0.1, 0.15) is 6.54 Å². The molecule has 0 saturated carbocycles. The minimum absolute atomic E-state index is 0.0201. The largest absolute Gasteiger partial charge is 0.468 e. The molecule has 0 bridgehead atoms. The number of hydrogen-bond donors (Lipinski definition) is 0. The van der Waals surface area contributed by atoms with Crippen molar-refractivity contribution in [1.29, 1.82) is 0 Å². The lowest BCUT2D eigenvalue weighted by Crippen LogP contribution is -2.22. The van der Waals surface area contributed by atoms with Crippen LogP contribution in [0.2, 0.25) is 0 Å². The van der Waals surface area contributed by atoms with E-state index in [-0.39, 0.29) is 21.8 Å². The lowest BCUT2D eigenvalue weighted by molar-refractivity contribution is -0.141. The average molecular weight is 483 g/mol. The van der Waals surface area contributed by atoms with Crippen LogP contribution < -0.4 is 4.80 Å². The van der Waals surface area contributed by atoms with Crippen LogP contribution in [0.5, 0.6) is 0 Å². The molecule has 0 radical (unpaired) electrons. The van der Waals surface area contributed by atoms with E-state index in [4.69, 9.17) is 4.74 Å². The number of aromatic nitrogens is 1. The van der Waals surface area contributed by atoms with Gasteiger partial charge in [0.2, 0.25) is 0 Å². The second kappa shape index (κ2) is 7.98. The standard InChI is InChI=1S/C18H15BrN2O5S2/c1-26-16(22)10-21-13-8-7-11(19)9-14(13)27-18(21)20-17(23)12-5-3-4-6-15(12)28(2,24)25/h3-9H,10H2,1-2H3. The summed E-state index contributed by atoms with van der Waals surface area (Å²) in [6.07, 6.45) is 1.04. The highest BCUT2D eigenvalue weighted by atomic mass is 79.9. The summed E-state index contributed by atoms with van der Waals surface area (Å²) in [7, 11) is -2.32. The van der Waals surface area contributed by atoms with Crippen LogP contribution in [0.1, 0.15) is 10.4 Å². The van der Waals surface area contributed by atoms with Crippen LogP contribution >= 0.6 is 27.3 Å². The molecule has 3 aromatic rings. The highest BCUT2D eigenvalue weighted by molar-refractivity contribution is 9.10. The van der Waals surface area contributed by atoms with E-state index in [0.29, 0.717) is 5.52 Å². The molecule has 1 aromatic heterocycles. The van der Waals surface area contributed by atoms with Crippen molar-refractivity contribution in [2.45, 2.75) is 11.4 Å². The molecule has 0 saturated heterocycles. The maximum absolute atomic E-state index is 12.8. The summed E-state index contributed by atoms with van der Waals surface area (Å²) in [4.78, 5) is 28.9. The Kier molecular flexibility index (Phi) is 5.82. The third-order valence-electron chi connectivity index (χ3n) is 3.87. The first-order valence-electron chi connectivity index (χ1n) is 7.94. The summed E-state index contributed by atoms with van der Waals surface area (Å²) in [5.74, 6) is -1.20. The molecule has 0 spiro atoms. The number of nitrogens with zero attached hydrogens (tertiary/aromatic N) is 2. The van der Waals surface area contributed by atoms with E-state index < -0.39 is 21.7 Å². The molecule has 10 heteroatoms. The summed E-state index contributed by atoms with van der Waals surface area (Å²) in [6.45, 7) is -0.127. The Morgan fingerprint density at radius 2 is 1.93 bits per heavy atom. The van der Waals surface area contributed by atoms with Gasteiger partial charge < -0.3 is 9.30 Å². The zero-order valence-corrected chi connectivity index (χ0v) is 18.1. The van der Waals surface area contributed by atoms with Gasteiger partial charge in [-0.05, 0) is 30.3 Å². The number of fused-ring (bicyclic) bond motifs is 1. The molecule has 0 N–H and O–H groups in total. The van der Waals surface area contributed by atoms with E-state index in [9.17, 15) is 18.0 Å². The van der Waals surface area contributed by atoms with E-state index in [1.54, 1.807) is 22.8 Å². The van der Waals surface area contributed by atoms with Crippen molar-refractivity contribution >= 4 is 59.2 Å². The molecule has 1 amide bonds. The molecule has 0 aliphatic heterocycles. The van der Waals surface area contributed by atoms with Gasteiger partial charge in [-0.25, -0.2) is 8.42 Å². The van der Waals surface area contributed by atoms with E-state index >= 15 is 0 Å². The molecule has 0 aliphatic rings. The van der Waals surface area contributed by atoms with Crippen LogP contribution in [0.15, 0.2) is 56.8 Å². The number of rotatable bonds is 4. The second-order valence-electron chi connectivity index (χ2n) is 5.84. The molecule has 28 heavy (non-hydrogen) atoms. The highest BCUT2D eigenvalue weighted by Gasteiger charge is 2.19. The van der Waals surface area contributed by atoms with E-state index in [0.717, 1.165) is 15.4 Å². The zero-order chi connectivity index (χ0) is 20.5. The SMILES string of the molecule is COC(=O)Cn1c(=NC(=O)c2ccccc2S(C)(=O)=O)sc2cc(Br)ccc21. The first-order chi connectivity index (χ1) is 13.2. The molecule has 2 aromatic carbocycles. The molecule has 1 heterocycles. The third kappa shape index (κ3) is 4.23. The molecule has 0 fully saturated rings. The lowest BCUT2D eigenvalue weighted by atomic mass is 10.2. The van der Waals surface area contributed by atoms with Crippen LogP contribution in [0, 0.1) is 0 Å². The predicted octanol–water partition coefficient (Wildman–Crippen LogP) is 2.78. The number of esters is 1. The summed E-state index contributed by atoms with van der Waals surface area (Å²) in [5.41, 5.74) is 0.690. The van der Waals surface area contributed by atoms with Crippen molar-refractivity contribution in [2.24, 2.45) is 4.99 Å². The van der Waals surface area contributed by atoms with E-state index in [1.165, 1.54) is 30.6 Å². The maximum Gasteiger partial charge on any atom is 0.325 e. The van der Waals surface area contributed by atoms with Crippen LogP contribution in [-0.2, 0) is 25.9 Å². The number of ether oxygens (including phenoxy) is 1. The quantitative estimate of drug-likeness (QED) is 0.532. The monoisotopic (exact) mass is 482 g/mol. The van der Waals surface area contributed by atoms with Crippen LogP contribution in [0.4, 0.5) is 0 Å². The van der Waals surface area contributed by atoms with Crippen molar-refractivity contribution in [1.82, 2.24) is 4.57 Å². The molecular formula is C18H15BrN2O5S2. The zero-order valence-electron chi connectivity index (χ0n) is 14.9. The van der Waals surface area contributed by atoms with Gasteiger partial charge in [0.15, 0.2) is 14.6 Å². The van der Waals surface area contributed by atoms with Crippen molar-refractivity contribution in [3.63, 3.8) is 0 Å². The van der Waals surface area contributed by atoms with Gasteiger partial charge in [-0.3, -0.25) is 9.59 Å². The number of amides is 1. The lowest BCUT2D eigenvalue weighted by Gasteiger charge is -2.05. The molecule has 0 aliphatic carbocycles. The van der Waals surface area contributed by atoms with Crippen molar-refractivity contribution in [3.8, 4) is 0 Å². The van der Waals surface area contributed by atoms with Crippen molar-refractivity contribution in [2.75, 3.05) is 13.4 Å². The normalized spacial score (nSPS) is 12.3. The van der Waals surface area contributed by atoms with Gasteiger partial charge >= 0.3 is 5.97 Å². The Labute approximate surface area is 173 Å². The number of methoxy groups -OCH3 is 1. The Bertz CT molecular complexity index is 1260. The fraction of sp³-hybridized carbons (Fsp3) is 0.167. The van der Waals surface area contributed by atoms with Crippen molar-refractivity contribution in [3.05, 3.63) is 57.3 Å². The van der Waals surface area contributed by atoms with Gasteiger partial charge in [0, 0.05) is 10.7 Å². The smallest absolute Gasteiger partial charge is 0.325 e. The summed E-state index contributed by atoms with van der Waals surface area (Å²) >= 11 is 4.61. The third-order valence-corrected chi connectivity index (χ3v) is 6.56. The number of benzene rings is 2. The maximum atomic E-state index is 12.8. The van der Waals surface area contributed by atoms with E-state index in [1.807, 2.05) is 12.1 Å². The number of sulfone groups is 1. The highest BCUT2D eigenvalue weighted by Crippen LogP contribution is 2.23. The first kappa shape index (κ1) is 20.4. The summed E-state index contributed by atoms with van der Waals surface area (Å²) < 4.78 is 31.9. The molecule has 7 nitrogen and oxygen atoms in total. The molecular weight excluding hydrogens is 468 g/mol. The Hall–Kier alpha value is -2.30. The van der Waals surface area contributed by atoms with E-state index in [2.05, 4.69) is 20.9 Å². The predicted molar refractivity (Wildman–Crippen MR) is 109 cm³/mol. The number of thiazole rings is 1. The molecule has 0 unspecified atom stereocenters. The van der Waals surface area contributed by atoms with Crippen LogP contribution in [0.25, 0.3) is 10.2 Å². The minimum Gasteiger partial charge on any atom is -0.468 e. The first-order valence-corrected chi connectivity index (χ1v) is 11.4. The Balaban J connectivity index is 2.21. The van der Waals surface area contributed by atoms with Crippen molar-refractivity contribution < 1.29 is 22.7 Å². The fourth-order valence-electron chi connectivity index (χ4n) is 2.59.